The van der Waals surface area contributed by atoms with Gasteiger partial charge in [0.25, 0.3) is 0 Å². The Hall–Kier alpha value is -1.78. The second-order valence-corrected chi connectivity index (χ2v) is 6.85. The molecule has 126 valence electrons. The third kappa shape index (κ3) is 4.85. The van der Waals surface area contributed by atoms with Gasteiger partial charge in [0.15, 0.2) is 5.96 Å². The molecule has 0 aromatic carbocycles. The van der Waals surface area contributed by atoms with Crippen molar-refractivity contribution >= 4 is 5.96 Å². The van der Waals surface area contributed by atoms with E-state index in [-0.39, 0.29) is 0 Å². The Balaban J connectivity index is 1.52. The molecule has 3 rings (SSSR count). The van der Waals surface area contributed by atoms with E-state index in [4.69, 9.17) is 4.74 Å². The Morgan fingerprint density at radius 1 is 1.43 bits per heavy atom. The average Bonchev–Trinajstić information content (AvgIpc) is 3.38. The maximum Gasteiger partial charge on any atom is 0.213 e. The molecule has 1 aromatic rings. The van der Waals surface area contributed by atoms with Crippen LogP contribution in [0, 0.1) is 11.8 Å². The van der Waals surface area contributed by atoms with Gasteiger partial charge in [0, 0.05) is 38.9 Å². The van der Waals surface area contributed by atoms with Crippen molar-refractivity contribution in [1.29, 1.82) is 0 Å². The first-order valence-corrected chi connectivity index (χ1v) is 8.78. The summed E-state index contributed by atoms with van der Waals surface area (Å²) in [4.78, 5) is 11.1. The number of pyridine rings is 1. The predicted molar refractivity (Wildman–Crippen MR) is 92.6 cm³/mol. The molecule has 5 heteroatoms. The van der Waals surface area contributed by atoms with Crippen molar-refractivity contribution in [3.8, 4) is 5.88 Å². The van der Waals surface area contributed by atoms with Crippen LogP contribution in [-0.2, 0) is 6.54 Å². The molecule has 1 aromatic heterocycles. The van der Waals surface area contributed by atoms with Crippen LogP contribution in [0.5, 0.6) is 5.88 Å². The predicted octanol–water partition coefficient (Wildman–Crippen LogP) is 2.68. The van der Waals surface area contributed by atoms with Gasteiger partial charge in [-0.2, -0.15) is 0 Å². The van der Waals surface area contributed by atoms with Crippen molar-refractivity contribution < 1.29 is 4.74 Å². The topological polar surface area (TPSA) is 49.8 Å². The molecule has 1 aliphatic heterocycles. The molecule has 0 radical (unpaired) electrons. The minimum Gasteiger partial charge on any atom is -0.477 e. The number of ether oxygens (including phenoxy) is 1. The molecule has 0 bridgehead atoms. The second kappa shape index (κ2) is 7.66. The molecule has 2 fully saturated rings. The lowest BCUT2D eigenvalue weighted by molar-refractivity contribution is 0.266. The van der Waals surface area contributed by atoms with Crippen LogP contribution in [0.2, 0.25) is 0 Å². The molecule has 1 aliphatic carbocycles. The fourth-order valence-electron chi connectivity index (χ4n) is 3.02. The van der Waals surface area contributed by atoms with Gasteiger partial charge >= 0.3 is 0 Å². The first-order valence-electron chi connectivity index (χ1n) is 8.78. The zero-order valence-electron chi connectivity index (χ0n) is 14.3. The van der Waals surface area contributed by atoms with Gasteiger partial charge in [-0.1, -0.05) is 6.92 Å². The van der Waals surface area contributed by atoms with Gasteiger partial charge in [0.1, 0.15) is 0 Å². The number of hydrogen-bond acceptors (Lipinski definition) is 3. The highest BCUT2D eigenvalue weighted by atomic mass is 16.5. The summed E-state index contributed by atoms with van der Waals surface area (Å²) in [6.45, 7) is 6.05. The quantitative estimate of drug-likeness (QED) is 0.670. The van der Waals surface area contributed by atoms with Crippen LogP contribution >= 0.6 is 0 Å². The molecule has 2 heterocycles. The maximum atomic E-state index is 5.75. The second-order valence-electron chi connectivity index (χ2n) is 6.85. The van der Waals surface area contributed by atoms with Gasteiger partial charge < -0.3 is 15.0 Å². The zero-order chi connectivity index (χ0) is 16.1. The number of nitrogens with one attached hydrogen (secondary N) is 1. The lowest BCUT2D eigenvalue weighted by Crippen LogP contribution is -2.45. The van der Waals surface area contributed by atoms with Gasteiger partial charge in [0.2, 0.25) is 5.88 Å². The lowest BCUT2D eigenvalue weighted by atomic mass is 10.0. The monoisotopic (exact) mass is 316 g/mol. The van der Waals surface area contributed by atoms with Gasteiger partial charge in [-0.05, 0) is 49.1 Å². The van der Waals surface area contributed by atoms with Crippen molar-refractivity contribution in [2.75, 3.05) is 26.7 Å². The molecule has 0 spiro atoms. The fraction of sp³-hybridized carbons (Fsp3) is 0.667. The molecule has 1 N–H and O–H groups in total. The number of nitrogens with zero attached hydrogens (tertiary/aromatic N) is 3. The number of hydrogen-bond donors (Lipinski definition) is 1. The molecule has 2 aliphatic rings. The smallest absolute Gasteiger partial charge is 0.213 e. The Morgan fingerprint density at radius 3 is 3.04 bits per heavy atom. The van der Waals surface area contributed by atoms with Crippen LogP contribution < -0.4 is 10.1 Å². The van der Waals surface area contributed by atoms with Crippen LogP contribution in [0.4, 0.5) is 0 Å². The summed E-state index contributed by atoms with van der Waals surface area (Å²) in [5, 5.41) is 3.47. The number of aromatic nitrogens is 1. The number of guanidine groups is 1. The Morgan fingerprint density at radius 2 is 2.30 bits per heavy atom. The van der Waals surface area contributed by atoms with Gasteiger partial charge in [-0.25, -0.2) is 4.98 Å². The summed E-state index contributed by atoms with van der Waals surface area (Å²) >= 11 is 0. The van der Waals surface area contributed by atoms with Crippen LogP contribution in [0.15, 0.2) is 23.3 Å². The maximum absolute atomic E-state index is 5.75. The summed E-state index contributed by atoms with van der Waals surface area (Å²) in [7, 11) is 1.86. The van der Waals surface area contributed by atoms with E-state index in [1.54, 1.807) is 0 Å². The molecular weight excluding hydrogens is 288 g/mol. The van der Waals surface area contributed by atoms with Gasteiger partial charge in [-0.3, -0.25) is 4.99 Å². The van der Waals surface area contributed by atoms with E-state index in [0.29, 0.717) is 0 Å². The molecule has 1 atom stereocenters. The molecule has 5 nitrogen and oxygen atoms in total. The number of likely N-dealkylation sites (tertiary alicyclic amines) is 1. The summed E-state index contributed by atoms with van der Waals surface area (Å²) in [6.07, 6.45) is 6.98. The normalized spacial score (nSPS) is 22.1. The summed E-state index contributed by atoms with van der Waals surface area (Å²) in [6, 6.07) is 4.06. The number of rotatable bonds is 5. The SMILES string of the molecule is CN=C(NCc1ccnc(OCC2CC2)c1)N1CCCC(C)C1. The van der Waals surface area contributed by atoms with Gasteiger partial charge in [-0.15, -0.1) is 0 Å². The number of piperidine rings is 1. The van der Waals surface area contributed by atoms with E-state index in [2.05, 4.69) is 27.1 Å². The van der Waals surface area contributed by atoms with Crippen molar-refractivity contribution in [3.05, 3.63) is 23.9 Å². The zero-order valence-corrected chi connectivity index (χ0v) is 14.3. The van der Waals surface area contributed by atoms with Gasteiger partial charge in [0.05, 0.1) is 6.61 Å². The number of aliphatic imine (C=N–C) groups is 1. The van der Waals surface area contributed by atoms with Crippen molar-refractivity contribution in [1.82, 2.24) is 15.2 Å². The van der Waals surface area contributed by atoms with Crippen LogP contribution in [0.25, 0.3) is 0 Å². The highest BCUT2D eigenvalue weighted by Crippen LogP contribution is 2.29. The third-order valence-electron chi connectivity index (χ3n) is 4.58. The first kappa shape index (κ1) is 16.1. The first-order chi connectivity index (χ1) is 11.2. The largest absolute Gasteiger partial charge is 0.477 e. The Bertz CT molecular complexity index is 542. The minimum absolute atomic E-state index is 0.734. The molecule has 0 amide bonds. The van der Waals surface area contributed by atoms with Crippen LogP contribution in [0.1, 0.15) is 38.2 Å². The summed E-state index contributed by atoms with van der Waals surface area (Å²) < 4.78 is 5.75. The highest BCUT2D eigenvalue weighted by Gasteiger charge is 2.22. The molecule has 1 saturated carbocycles. The fourth-order valence-corrected chi connectivity index (χ4v) is 3.02. The Kier molecular flexibility index (Phi) is 5.36. The molecule has 23 heavy (non-hydrogen) atoms. The third-order valence-corrected chi connectivity index (χ3v) is 4.58. The van der Waals surface area contributed by atoms with Crippen LogP contribution in [0.3, 0.4) is 0 Å². The van der Waals surface area contributed by atoms with Crippen molar-refractivity contribution in [2.24, 2.45) is 16.8 Å². The average molecular weight is 316 g/mol. The summed E-state index contributed by atoms with van der Waals surface area (Å²) in [5.74, 6) is 3.22. The van der Waals surface area contributed by atoms with E-state index >= 15 is 0 Å². The molecule has 1 saturated heterocycles. The van der Waals surface area contributed by atoms with Crippen molar-refractivity contribution in [2.45, 2.75) is 39.2 Å². The van der Waals surface area contributed by atoms with Crippen LogP contribution in [-0.4, -0.2) is 42.6 Å². The highest BCUT2D eigenvalue weighted by molar-refractivity contribution is 5.79. The standard InChI is InChI=1S/C18H28N4O/c1-14-4-3-9-22(12-14)18(19-2)21-11-16-7-8-20-17(10-16)23-13-15-5-6-15/h7-8,10,14-15H,3-6,9,11-13H2,1-2H3,(H,19,21). The lowest BCUT2D eigenvalue weighted by Gasteiger charge is -2.33. The Labute approximate surface area is 139 Å². The minimum atomic E-state index is 0.734. The van der Waals surface area contributed by atoms with E-state index in [1.807, 2.05) is 25.4 Å². The van der Waals surface area contributed by atoms with E-state index in [9.17, 15) is 0 Å². The van der Waals surface area contributed by atoms with E-state index in [0.717, 1.165) is 49.9 Å². The van der Waals surface area contributed by atoms with E-state index in [1.165, 1.54) is 31.2 Å². The van der Waals surface area contributed by atoms with Crippen molar-refractivity contribution in [3.63, 3.8) is 0 Å². The summed E-state index contributed by atoms with van der Waals surface area (Å²) in [5.41, 5.74) is 1.18. The van der Waals surface area contributed by atoms with E-state index < -0.39 is 0 Å². The molecule has 1 unspecified atom stereocenters. The molecular formula is C18H28N4O.